The SMILES string of the molecule is CC(CCN(CC1CCCC1)S(=O)(=O)c1ccc(-c2ccccc2)c(N)c1O)NC(=O)OC1COCOC1. The lowest BCUT2D eigenvalue weighted by Crippen LogP contribution is -2.42. The van der Waals surface area contributed by atoms with Crippen molar-refractivity contribution in [3.05, 3.63) is 42.5 Å². The summed E-state index contributed by atoms with van der Waals surface area (Å²) < 4.78 is 44.6. The lowest BCUT2D eigenvalue weighted by Gasteiger charge is -2.27. The number of nitrogen functional groups attached to an aromatic ring is 1. The molecule has 2 fully saturated rings. The van der Waals surface area contributed by atoms with Gasteiger partial charge in [0.2, 0.25) is 10.0 Å². The lowest BCUT2D eigenvalue weighted by molar-refractivity contribution is -0.151. The summed E-state index contributed by atoms with van der Waals surface area (Å²) in [5.41, 5.74) is 7.58. The highest BCUT2D eigenvalue weighted by atomic mass is 32.2. The highest BCUT2D eigenvalue weighted by Gasteiger charge is 2.32. The maximum Gasteiger partial charge on any atom is 0.407 e. The van der Waals surface area contributed by atoms with Gasteiger partial charge in [-0.1, -0.05) is 49.2 Å². The van der Waals surface area contributed by atoms with Crippen LogP contribution < -0.4 is 11.1 Å². The minimum absolute atomic E-state index is 0.0199. The maximum absolute atomic E-state index is 13.8. The molecule has 0 aromatic heterocycles. The number of amides is 1. The number of benzene rings is 2. The van der Waals surface area contributed by atoms with Crippen molar-refractivity contribution in [2.45, 2.75) is 56.1 Å². The first-order chi connectivity index (χ1) is 18.3. The number of nitrogens with zero attached hydrogens (tertiary/aromatic N) is 1. The number of phenols is 1. The third-order valence-electron chi connectivity index (χ3n) is 7.04. The fourth-order valence-electron chi connectivity index (χ4n) is 4.93. The number of nitrogens with one attached hydrogen (secondary N) is 1. The smallest absolute Gasteiger partial charge is 0.407 e. The van der Waals surface area contributed by atoms with E-state index in [1.54, 1.807) is 13.0 Å². The summed E-state index contributed by atoms with van der Waals surface area (Å²) in [5.74, 6) is -0.207. The highest BCUT2D eigenvalue weighted by molar-refractivity contribution is 7.89. The van der Waals surface area contributed by atoms with Gasteiger partial charge in [-0.25, -0.2) is 13.2 Å². The third-order valence-corrected chi connectivity index (χ3v) is 8.94. The van der Waals surface area contributed by atoms with Gasteiger partial charge >= 0.3 is 6.09 Å². The van der Waals surface area contributed by atoms with Crippen LogP contribution in [-0.2, 0) is 24.2 Å². The largest absolute Gasteiger partial charge is 0.504 e. The molecule has 4 rings (SSSR count). The number of nitrogens with two attached hydrogens (primary N) is 1. The minimum Gasteiger partial charge on any atom is -0.504 e. The van der Waals surface area contributed by atoms with E-state index in [0.29, 0.717) is 18.5 Å². The van der Waals surface area contributed by atoms with Crippen LogP contribution in [0.15, 0.2) is 47.4 Å². The zero-order valence-corrected chi connectivity index (χ0v) is 22.5. The Kier molecular flexibility index (Phi) is 9.48. The molecule has 0 spiro atoms. The Labute approximate surface area is 224 Å². The van der Waals surface area contributed by atoms with Crippen LogP contribution in [0.1, 0.15) is 39.0 Å². The van der Waals surface area contributed by atoms with E-state index in [2.05, 4.69) is 5.32 Å². The van der Waals surface area contributed by atoms with Crippen LogP contribution in [0.3, 0.4) is 0 Å². The number of hydrogen-bond acceptors (Lipinski definition) is 8. The highest BCUT2D eigenvalue weighted by Crippen LogP contribution is 2.39. The second kappa shape index (κ2) is 12.8. The van der Waals surface area contributed by atoms with E-state index in [1.807, 2.05) is 30.3 Å². The van der Waals surface area contributed by atoms with E-state index in [1.165, 1.54) is 10.4 Å². The number of hydrogen-bond donors (Lipinski definition) is 3. The Bertz CT molecular complexity index is 1180. The Balaban J connectivity index is 1.47. The van der Waals surface area contributed by atoms with Crippen molar-refractivity contribution in [2.75, 3.05) is 38.8 Å². The molecule has 2 aliphatic rings. The lowest BCUT2D eigenvalue weighted by atomic mass is 10.0. The average molecular weight is 548 g/mol. The van der Waals surface area contributed by atoms with Crippen molar-refractivity contribution in [2.24, 2.45) is 5.92 Å². The number of sulfonamides is 1. The molecule has 0 bridgehead atoms. The normalized spacial score (nSPS) is 17.9. The van der Waals surface area contributed by atoms with Gasteiger partial charge in [0.05, 0.1) is 18.9 Å². The van der Waals surface area contributed by atoms with Crippen molar-refractivity contribution < 1.29 is 32.5 Å². The molecule has 208 valence electrons. The first-order valence-electron chi connectivity index (χ1n) is 13.1. The van der Waals surface area contributed by atoms with Crippen molar-refractivity contribution in [3.8, 4) is 16.9 Å². The Morgan fingerprint density at radius 1 is 1.16 bits per heavy atom. The molecule has 10 nitrogen and oxygen atoms in total. The number of anilines is 1. The molecule has 1 aliphatic carbocycles. The van der Waals surface area contributed by atoms with Crippen molar-refractivity contribution in [1.29, 1.82) is 0 Å². The van der Waals surface area contributed by atoms with E-state index >= 15 is 0 Å². The van der Waals surface area contributed by atoms with Crippen LogP contribution in [0.5, 0.6) is 5.75 Å². The van der Waals surface area contributed by atoms with Crippen molar-refractivity contribution in [3.63, 3.8) is 0 Å². The standard InChI is InChI=1S/C27H37N3O7S/c1-19(29-27(32)37-22-16-35-18-36-17-22)13-14-30(15-20-7-5-6-8-20)38(33,34)24-12-11-23(25(28)26(24)31)21-9-3-2-4-10-21/h2-4,9-12,19-20,22,31H,5-8,13-18,28H2,1H3,(H,29,32). The molecule has 1 saturated carbocycles. The zero-order chi connectivity index (χ0) is 27.1. The van der Waals surface area contributed by atoms with Gasteiger partial charge in [0.15, 0.2) is 11.9 Å². The van der Waals surface area contributed by atoms with Crippen molar-refractivity contribution in [1.82, 2.24) is 9.62 Å². The Morgan fingerprint density at radius 2 is 1.84 bits per heavy atom. The summed E-state index contributed by atoms with van der Waals surface area (Å²) in [4.78, 5) is 12.1. The van der Waals surface area contributed by atoms with Crippen LogP contribution in [0, 0.1) is 5.92 Å². The predicted octanol–water partition coefficient (Wildman–Crippen LogP) is 3.70. The molecule has 4 N–H and O–H groups in total. The first-order valence-corrected chi connectivity index (χ1v) is 14.5. The quantitative estimate of drug-likeness (QED) is 0.302. The molecule has 38 heavy (non-hydrogen) atoms. The molecule has 1 saturated heterocycles. The predicted molar refractivity (Wildman–Crippen MR) is 143 cm³/mol. The van der Waals surface area contributed by atoms with Gasteiger partial charge in [-0.3, -0.25) is 0 Å². The summed E-state index contributed by atoms with van der Waals surface area (Å²) in [5, 5.41) is 13.7. The zero-order valence-electron chi connectivity index (χ0n) is 21.7. The summed E-state index contributed by atoms with van der Waals surface area (Å²) >= 11 is 0. The van der Waals surface area contributed by atoms with Gasteiger partial charge in [0, 0.05) is 24.7 Å². The van der Waals surface area contributed by atoms with Crippen LogP contribution in [0.25, 0.3) is 11.1 Å². The number of rotatable bonds is 10. The van der Waals surface area contributed by atoms with Gasteiger partial charge in [0.1, 0.15) is 11.7 Å². The van der Waals surface area contributed by atoms with Gasteiger partial charge < -0.3 is 30.4 Å². The second-order valence-electron chi connectivity index (χ2n) is 9.97. The topological polar surface area (TPSA) is 140 Å². The molecular formula is C27H37N3O7S. The average Bonchev–Trinajstić information content (AvgIpc) is 3.42. The minimum atomic E-state index is -4.06. The molecule has 2 aromatic carbocycles. The molecule has 0 radical (unpaired) electrons. The number of phenolic OH excluding ortho intramolecular Hbond substituents is 1. The van der Waals surface area contributed by atoms with E-state index < -0.39 is 28.0 Å². The maximum atomic E-state index is 13.8. The fraction of sp³-hybridized carbons (Fsp3) is 0.519. The summed E-state index contributed by atoms with van der Waals surface area (Å²) in [6, 6.07) is 11.9. The third kappa shape index (κ3) is 6.96. The Hall–Kier alpha value is -2.86. The van der Waals surface area contributed by atoms with Crippen molar-refractivity contribution >= 4 is 21.8 Å². The van der Waals surface area contributed by atoms with Gasteiger partial charge in [-0.15, -0.1) is 0 Å². The molecule has 1 heterocycles. The molecule has 1 aliphatic heterocycles. The van der Waals surface area contributed by atoms with E-state index in [0.717, 1.165) is 31.2 Å². The fourth-order valence-corrected chi connectivity index (χ4v) is 6.55. The molecule has 11 heteroatoms. The molecule has 1 unspecified atom stereocenters. The molecule has 1 amide bonds. The number of carbonyl (C=O) groups excluding carboxylic acids is 1. The monoisotopic (exact) mass is 547 g/mol. The van der Waals surface area contributed by atoms with Crippen LogP contribution >= 0.6 is 0 Å². The summed E-state index contributed by atoms with van der Waals surface area (Å²) in [6.45, 7) is 3.01. The van der Waals surface area contributed by atoms with E-state index in [9.17, 15) is 18.3 Å². The van der Waals surface area contributed by atoms with E-state index in [4.69, 9.17) is 19.9 Å². The molecule has 1 atom stereocenters. The summed E-state index contributed by atoms with van der Waals surface area (Å²) in [7, 11) is -4.06. The van der Waals surface area contributed by atoms with Crippen LogP contribution in [0.4, 0.5) is 10.5 Å². The first kappa shape index (κ1) is 28.2. The molecule has 2 aromatic rings. The van der Waals surface area contributed by atoms with E-state index in [-0.39, 0.29) is 49.1 Å². The summed E-state index contributed by atoms with van der Waals surface area (Å²) in [6.07, 6.45) is 3.32. The van der Waals surface area contributed by atoms with Crippen LogP contribution in [0.2, 0.25) is 0 Å². The van der Waals surface area contributed by atoms with Gasteiger partial charge in [0.25, 0.3) is 0 Å². The van der Waals surface area contributed by atoms with Gasteiger partial charge in [-0.2, -0.15) is 4.31 Å². The Morgan fingerprint density at radius 3 is 2.53 bits per heavy atom. The van der Waals surface area contributed by atoms with Crippen LogP contribution in [-0.4, -0.2) is 69.2 Å². The second-order valence-corrected chi connectivity index (χ2v) is 11.9. The number of alkyl carbamates (subject to hydrolysis) is 1. The number of ether oxygens (including phenoxy) is 3. The molecular weight excluding hydrogens is 510 g/mol. The number of carbonyl (C=O) groups is 1. The number of aromatic hydroxyl groups is 1. The van der Waals surface area contributed by atoms with Gasteiger partial charge in [-0.05, 0) is 43.7 Å².